The fourth-order valence-corrected chi connectivity index (χ4v) is 1.54. The number of pyridine rings is 1. The van der Waals surface area contributed by atoms with Gasteiger partial charge >= 0.3 is 0 Å². The highest BCUT2D eigenvalue weighted by Gasteiger charge is 2.14. The molecular weight excluding hydrogens is 226 g/mol. The molecule has 0 aliphatic heterocycles. The average Bonchev–Trinajstić information content (AvgIpc) is 2.46. The molecule has 18 heavy (non-hydrogen) atoms. The molecule has 1 N–H and O–H groups in total. The van der Waals surface area contributed by atoms with Crippen LogP contribution in [0, 0.1) is 11.3 Å². The minimum atomic E-state index is -0.689. The Kier molecular flexibility index (Phi) is 3.67. The number of rotatable bonds is 3. The van der Waals surface area contributed by atoms with Gasteiger partial charge in [-0.2, -0.15) is 5.26 Å². The number of nitrogens with zero attached hydrogens (tertiary/aromatic N) is 2. The van der Waals surface area contributed by atoms with E-state index in [-0.39, 0.29) is 5.91 Å². The molecule has 1 unspecified atom stereocenters. The molecular formula is C14H11N3O. The van der Waals surface area contributed by atoms with Gasteiger partial charge in [0.2, 0.25) is 0 Å². The Labute approximate surface area is 105 Å². The maximum atomic E-state index is 11.9. The molecule has 0 saturated carbocycles. The van der Waals surface area contributed by atoms with Gasteiger partial charge in [-0.25, -0.2) is 0 Å². The van der Waals surface area contributed by atoms with Gasteiger partial charge in [0.15, 0.2) is 0 Å². The smallest absolute Gasteiger partial charge is 0.252 e. The zero-order chi connectivity index (χ0) is 12.8. The Morgan fingerprint density at radius 3 is 2.61 bits per heavy atom. The van der Waals surface area contributed by atoms with Crippen molar-refractivity contribution in [3.8, 4) is 6.07 Å². The van der Waals surface area contributed by atoms with Crippen LogP contribution in [0.25, 0.3) is 0 Å². The molecule has 88 valence electrons. The summed E-state index contributed by atoms with van der Waals surface area (Å²) in [6.45, 7) is 0. The Morgan fingerprint density at radius 1 is 1.22 bits per heavy atom. The van der Waals surface area contributed by atoms with Crippen LogP contribution in [-0.4, -0.2) is 10.9 Å². The van der Waals surface area contributed by atoms with Crippen LogP contribution in [0.5, 0.6) is 0 Å². The summed E-state index contributed by atoms with van der Waals surface area (Å²) in [7, 11) is 0. The lowest BCUT2D eigenvalue weighted by Crippen LogP contribution is -2.27. The SMILES string of the molecule is N#CC(NC(=O)c1ccccc1)c1cccnc1. The third-order valence-corrected chi connectivity index (χ3v) is 2.46. The van der Waals surface area contributed by atoms with Crippen LogP contribution in [0.3, 0.4) is 0 Å². The maximum absolute atomic E-state index is 11.9. The summed E-state index contributed by atoms with van der Waals surface area (Å²) in [6, 6.07) is 13.6. The topological polar surface area (TPSA) is 65.8 Å². The summed E-state index contributed by atoms with van der Waals surface area (Å²) in [5, 5.41) is 11.7. The first-order valence-corrected chi connectivity index (χ1v) is 5.46. The van der Waals surface area contributed by atoms with Crippen molar-refractivity contribution in [2.45, 2.75) is 6.04 Å². The van der Waals surface area contributed by atoms with Crippen LogP contribution in [0.2, 0.25) is 0 Å². The third kappa shape index (κ3) is 2.71. The second-order valence-corrected chi connectivity index (χ2v) is 3.69. The Morgan fingerprint density at radius 2 is 2.00 bits per heavy atom. The molecule has 1 aromatic heterocycles. The molecule has 0 fully saturated rings. The minimum Gasteiger partial charge on any atom is -0.332 e. The first-order valence-electron chi connectivity index (χ1n) is 5.46. The highest BCUT2D eigenvalue weighted by molar-refractivity contribution is 5.94. The number of hydrogen-bond acceptors (Lipinski definition) is 3. The molecule has 0 aliphatic carbocycles. The highest BCUT2D eigenvalue weighted by atomic mass is 16.1. The summed E-state index contributed by atoms with van der Waals surface area (Å²) in [5.41, 5.74) is 1.20. The molecule has 2 aromatic rings. The van der Waals surface area contributed by atoms with Crippen LogP contribution in [0.1, 0.15) is 22.0 Å². The van der Waals surface area contributed by atoms with Gasteiger partial charge < -0.3 is 5.32 Å². The van der Waals surface area contributed by atoms with E-state index in [0.717, 1.165) is 0 Å². The largest absolute Gasteiger partial charge is 0.332 e. The quantitative estimate of drug-likeness (QED) is 0.888. The van der Waals surface area contributed by atoms with Crippen molar-refractivity contribution in [2.75, 3.05) is 0 Å². The Bertz CT molecular complexity index is 561. The number of hydrogen-bond donors (Lipinski definition) is 1. The molecule has 0 saturated heterocycles. The summed E-state index contributed by atoms with van der Waals surface area (Å²) in [4.78, 5) is 15.8. The van der Waals surface area contributed by atoms with E-state index in [2.05, 4.69) is 10.3 Å². The van der Waals surface area contributed by atoms with E-state index in [1.165, 1.54) is 0 Å². The lowest BCUT2D eigenvalue weighted by Gasteiger charge is -2.11. The highest BCUT2D eigenvalue weighted by Crippen LogP contribution is 2.11. The van der Waals surface area contributed by atoms with Crippen LogP contribution in [0.15, 0.2) is 54.9 Å². The predicted molar refractivity (Wildman–Crippen MR) is 66.5 cm³/mol. The van der Waals surface area contributed by atoms with Crippen LogP contribution in [0.4, 0.5) is 0 Å². The number of amides is 1. The van der Waals surface area contributed by atoms with Gasteiger partial charge in [-0.15, -0.1) is 0 Å². The molecule has 1 heterocycles. The Balaban J connectivity index is 2.14. The van der Waals surface area contributed by atoms with E-state index < -0.39 is 6.04 Å². The van der Waals surface area contributed by atoms with Crippen molar-refractivity contribution >= 4 is 5.91 Å². The number of aromatic nitrogens is 1. The van der Waals surface area contributed by atoms with Gasteiger partial charge in [0.05, 0.1) is 6.07 Å². The van der Waals surface area contributed by atoms with E-state index in [4.69, 9.17) is 5.26 Å². The molecule has 2 rings (SSSR count). The summed E-state index contributed by atoms with van der Waals surface area (Å²) in [6.07, 6.45) is 3.19. The van der Waals surface area contributed by atoms with E-state index >= 15 is 0 Å². The number of nitrogens with one attached hydrogen (secondary N) is 1. The predicted octanol–water partition coefficient (Wildman–Crippen LogP) is 2.08. The average molecular weight is 237 g/mol. The van der Waals surface area contributed by atoms with Crippen molar-refractivity contribution in [1.82, 2.24) is 10.3 Å². The van der Waals surface area contributed by atoms with E-state index in [0.29, 0.717) is 11.1 Å². The zero-order valence-electron chi connectivity index (χ0n) is 9.58. The van der Waals surface area contributed by atoms with Gasteiger partial charge in [-0.3, -0.25) is 9.78 Å². The van der Waals surface area contributed by atoms with Gasteiger partial charge in [-0.1, -0.05) is 24.3 Å². The van der Waals surface area contributed by atoms with Crippen molar-refractivity contribution < 1.29 is 4.79 Å². The maximum Gasteiger partial charge on any atom is 0.252 e. The molecule has 1 amide bonds. The summed E-state index contributed by atoms with van der Waals surface area (Å²) in [5.74, 6) is -0.272. The first kappa shape index (κ1) is 11.8. The standard InChI is InChI=1S/C14H11N3O/c15-9-13(12-7-4-8-16-10-12)17-14(18)11-5-2-1-3-6-11/h1-8,10,13H,(H,17,18). The van der Waals surface area contributed by atoms with Crippen LogP contribution in [-0.2, 0) is 0 Å². The molecule has 0 bridgehead atoms. The number of benzene rings is 1. The fraction of sp³-hybridized carbons (Fsp3) is 0.0714. The summed E-state index contributed by atoms with van der Waals surface area (Å²) < 4.78 is 0. The van der Waals surface area contributed by atoms with Gasteiger partial charge in [0, 0.05) is 23.5 Å². The van der Waals surface area contributed by atoms with E-state index in [1.807, 2.05) is 12.1 Å². The number of carbonyl (C=O) groups excluding carboxylic acids is 1. The molecule has 0 radical (unpaired) electrons. The van der Waals surface area contributed by atoms with Crippen molar-refractivity contribution in [3.63, 3.8) is 0 Å². The Hall–Kier alpha value is -2.67. The van der Waals surface area contributed by atoms with Crippen LogP contribution >= 0.6 is 0 Å². The molecule has 0 spiro atoms. The molecule has 1 atom stereocenters. The minimum absolute atomic E-state index is 0.272. The van der Waals surface area contributed by atoms with Crippen molar-refractivity contribution in [3.05, 3.63) is 66.0 Å². The second-order valence-electron chi connectivity index (χ2n) is 3.69. The molecule has 1 aromatic carbocycles. The normalized spacial score (nSPS) is 11.3. The van der Waals surface area contributed by atoms with Crippen molar-refractivity contribution in [2.24, 2.45) is 0 Å². The summed E-state index contributed by atoms with van der Waals surface area (Å²) >= 11 is 0. The third-order valence-electron chi connectivity index (χ3n) is 2.46. The lowest BCUT2D eigenvalue weighted by molar-refractivity contribution is 0.0945. The van der Waals surface area contributed by atoms with E-state index in [9.17, 15) is 4.79 Å². The van der Waals surface area contributed by atoms with Gasteiger partial charge in [0.25, 0.3) is 5.91 Å². The number of nitriles is 1. The monoisotopic (exact) mass is 237 g/mol. The van der Waals surface area contributed by atoms with Crippen molar-refractivity contribution in [1.29, 1.82) is 5.26 Å². The molecule has 4 heteroatoms. The molecule has 4 nitrogen and oxygen atoms in total. The molecule has 0 aliphatic rings. The zero-order valence-corrected chi connectivity index (χ0v) is 9.58. The lowest BCUT2D eigenvalue weighted by atomic mass is 10.1. The van der Waals surface area contributed by atoms with Crippen LogP contribution < -0.4 is 5.32 Å². The van der Waals surface area contributed by atoms with Gasteiger partial charge in [-0.05, 0) is 18.2 Å². The second kappa shape index (κ2) is 5.60. The fourth-order valence-electron chi connectivity index (χ4n) is 1.54. The first-order chi connectivity index (χ1) is 8.81. The van der Waals surface area contributed by atoms with E-state index in [1.54, 1.807) is 48.8 Å². The number of carbonyl (C=O) groups is 1. The van der Waals surface area contributed by atoms with Gasteiger partial charge in [0.1, 0.15) is 6.04 Å².